The van der Waals surface area contributed by atoms with E-state index in [1.807, 2.05) is 6.92 Å². The lowest BCUT2D eigenvalue weighted by atomic mass is 10.9. The second-order valence-electron chi connectivity index (χ2n) is 2.12. The van der Waals surface area contributed by atoms with Gasteiger partial charge in [-0.05, 0) is 6.92 Å². The van der Waals surface area contributed by atoms with Crippen LogP contribution in [0.2, 0.25) is 0 Å². The maximum absolute atomic E-state index is 10.9. The van der Waals surface area contributed by atoms with E-state index in [0.29, 0.717) is 6.61 Å². The van der Waals surface area contributed by atoms with E-state index in [1.165, 1.54) is 11.0 Å². The number of rotatable bonds is 3. The van der Waals surface area contributed by atoms with Gasteiger partial charge in [0.2, 0.25) is 0 Å². The van der Waals surface area contributed by atoms with E-state index in [-0.39, 0.29) is 12.4 Å². The zero-order valence-corrected chi connectivity index (χ0v) is 6.65. The van der Waals surface area contributed by atoms with E-state index in [2.05, 4.69) is 4.98 Å². The first kappa shape index (κ1) is 8.00. The van der Waals surface area contributed by atoms with Crippen LogP contribution in [-0.2, 0) is 18.5 Å². The highest BCUT2D eigenvalue weighted by Gasteiger charge is 1.98. The molecule has 1 aromatic heterocycles. The first-order valence-corrected chi connectivity index (χ1v) is 3.42. The number of aryl methyl sites for hydroxylation is 1. The zero-order valence-electron chi connectivity index (χ0n) is 6.65. The van der Waals surface area contributed by atoms with Crippen LogP contribution in [0.1, 0.15) is 6.92 Å². The Hall–Kier alpha value is -1.10. The normalized spacial score (nSPS) is 10.4. The summed E-state index contributed by atoms with van der Waals surface area (Å²) in [6, 6.07) is 0. The lowest BCUT2D eigenvalue weighted by Crippen LogP contribution is -2.23. The van der Waals surface area contributed by atoms with Crippen molar-refractivity contribution >= 4 is 0 Å². The van der Waals surface area contributed by atoms with Crippen molar-refractivity contribution in [3.63, 3.8) is 0 Å². The van der Waals surface area contributed by atoms with Gasteiger partial charge in [0.15, 0.2) is 0 Å². The van der Waals surface area contributed by atoms with Gasteiger partial charge in [-0.25, -0.2) is 9.48 Å². The van der Waals surface area contributed by atoms with Crippen LogP contribution >= 0.6 is 0 Å². The van der Waals surface area contributed by atoms with Crippen LogP contribution < -0.4 is 5.69 Å². The van der Waals surface area contributed by atoms with Crippen molar-refractivity contribution in [2.75, 3.05) is 6.61 Å². The molecule has 5 heteroatoms. The van der Waals surface area contributed by atoms with Crippen molar-refractivity contribution in [1.82, 2.24) is 14.3 Å². The lowest BCUT2D eigenvalue weighted by molar-refractivity contribution is 0.0687. The fourth-order valence-electron chi connectivity index (χ4n) is 0.721. The minimum absolute atomic E-state index is 0.270. The summed E-state index contributed by atoms with van der Waals surface area (Å²) in [6.45, 7) is 2.74. The highest BCUT2D eigenvalue weighted by molar-refractivity contribution is 4.61. The Balaban J connectivity index is 2.75. The second-order valence-corrected chi connectivity index (χ2v) is 2.12. The first-order chi connectivity index (χ1) is 5.25. The predicted octanol–water partition coefficient (Wildman–Crippen LogP) is -0.424. The van der Waals surface area contributed by atoms with E-state index < -0.39 is 0 Å². The average Bonchev–Trinajstić information content (AvgIpc) is 2.29. The Morgan fingerprint density at radius 3 is 2.91 bits per heavy atom. The van der Waals surface area contributed by atoms with Gasteiger partial charge in [0.25, 0.3) is 0 Å². The molecule has 0 radical (unpaired) electrons. The van der Waals surface area contributed by atoms with Crippen molar-refractivity contribution in [2.45, 2.75) is 13.7 Å². The molecule has 0 saturated carbocycles. The van der Waals surface area contributed by atoms with Crippen molar-refractivity contribution in [1.29, 1.82) is 0 Å². The molecule has 0 aliphatic carbocycles. The number of hydrogen-bond donors (Lipinski definition) is 0. The molecular formula is C6H11N3O2. The van der Waals surface area contributed by atoms with Crippen LogP contribution in [0.3, 0.4) is 0 Å². The fourth-order valence-corrected chi connectivity index (χ4v) is 0.721. The number of nitrogens with zero attached hydrogens (tertiary/aromatic N) is 3. The van der Waals surface area contributed by atoms with Crippen molar-refractivity contribution in [3.8, 4) is 0 Å². The smallest absolute Gasteiger partial charge is 0.359 e. The van der Waals surface area contributed by atoms with Gasteiger partial charge in [0.05, 0.1) is 0 Å². The molecule has 0 aliphatic heterocycles. The van der Waals surface area contributed by atoms with Crippen LogP contribution in [0.15, 0.2) is 11.1 Å². The summed E-state index contributed by atoms with van der Waals surface area (Å²) < 4.78 is 8.04. The van der Waals surface area contributed by atoms with Crippen molar-refractivity contribution in [3.05, 3.63) is 16.8 Å². The third-order valence-electron chi connectivity index (χ3n) is 1.35. The van der Waals surface area contributed by atoms with Crippen molar-refractivity contribution < 1.29 is 4.74 Å². The highest BCUT2D eigenvalue weighted by Crippen LogP contribution is 1.80. The molecular weight excluding hydrogens is 146 g/mol. The van der Waals surface area contributed by atoms with Gasteiger partial charge in [0.1, 0.15) is 13.1 Å². The number of ether oxygens (including phenoxy) is 1. The van der Waals surface area contributed by atoms with Crippen LogP contribution in [0.4, 0.5) is 0 Å². The van der Waals surface area contributed by atoms with Gasteiger partial charge in [-0.1, -0.05) is 0 Å². The molecule has 11 heavy (non-hydrogen) atoms. The van der Waals surface area contributed by atoms with Crippen LogP contribution in [0.5, 0.6) is 0 Å². The maximum Gasteiger partial charge on any atom is 0.366 e. The molecule has 0 aromatic carbocycles. The molecule has 0 unspecified atom stereocenters. The van der Waals surface area contributed by atoms with E-state index in [9.17, 15) is 4.79 Å². The van der Waals surface area contributed by atoms with Crippen LogP contribution in [0.25, 0.3) is 0 Å². The molecule has 0 saturated heterocycles. The predicted molar refractivity (Wildman–Crippen MR) is 39.1 cm³/mol. The monoisotopic (exact) mass is 157 g/mol. The Kier molecular flexibility index (Phi) is 2.43. The van der Waals surface area contributed by atoms with Gasteiger partial charge < -0.3 is 4.74 Å². The summed E-state index contributed by atoms with van der Waals surface area (Å²) in [4.78, 5) is 14.5. The van der Waals surface area contributed by atoms with E-state index in [0.717, 1.165) is 0 Å². The molecule has 0 N–H and O–H groups in total. The minimum atomic E-state index is -0.277. The summed E-state index contributed by atoms with van der Waals surface area (Å²) in [5.74, 6) is 0. The summed E-state index contributed by atoms with van der Waals surface area (Å²) in [6.07, 6.45) is 1.46. The molecule has 0 aliphatic rings. The molecule has 0 fully saturated rings. The van der Waals surface area contributed by atoms with Gasteiger partial charge in [-0.3, -0.25) is 4.68 Å². The third-order valence-corrected chi connectivity index (χ3v) is 1.35. The van der Waals surface area contributed by atoms with E-state index >= 15 is 0 Å². The highest BCUT2D eigenvalue weighted by atomic mass is 16.5. The van der Waals surface area contributed by atoms with Gasteiger partial charge in [0, 0.05) is 13.7 Å². The largest absolute Gasteiger partial charge is 0.366 e. The summed E-state index contributed by atoms with van der Waals surface area (Å²) in [5.41, 5.74) is -0.277. The van der Waals surface area contributed by atoms with Crippen LogP contribution in [0, 0.1) is 0 Å². The summed E-state index contributed by atoms with van der Waals surface area (Å²) >= 11 is 0. The Morgan fingerprint density at radius 2 is 2.45 bits per heavy atom. The summed E-state index contributed by atoms with van der Waals surface area (Å²) in [7, 11) is 1.74. The molecule has 1 rings (SSSR count). The second kappa shape index (κ2) is 3.34. The lowest BCUT2D eigenvalue weighted by Gasteiger charge is -2.03. The standard InChI is InChI=1S/C6H11N3O2/c1-3-11-5-9-6(10)7-4-8(9)2/h4H,3,5H2,1-2H3. The average molecular weight is 157 g/mol. The molecule has 0 amide bonds. The molecule has 0 bridgehead atoms. The Bertz CT molecular complexity index is 276. The molecule has 0 spiro atoms. The molecule has 0 atom stereocenters. The Labute approximate surface area is 64.2 Å². The molecule has 1 heterocycles. The third kappa shape index (κ3) is 1.68. The quantitative estimate of drug-likeness (QED) is 0.598. The topological polar surface area (TPSA) is 49.1 Å². The number of hydrogen-bond acceptors (Lipinski definition) is 3. The fraction of sp³-hybridized carbons (Fsp3) is 0.667. The van der Waals surface area contributed by atoms with Crippen molar-refractivity contribution in [2.24, 2.45) is 7.05 Å². The first-order valence-electron chi connectivity index (χ1n) is 3.42. The van der Waals surface area contributed by atoms with E-state index in [1.54, 1.807) is 11.7 Å². The molecule has 62 valence electrons. The zero-order chi connectivity index (χ0) is 8.27. The molecule has 1 aromatic rings. The SMILES string of the molecule is CCOCn1c(=O)ncn1C. The summed E-state index contributed by atoms with van der Waals surface area (Å²) in [5, 5.41) is 0. The number of aromatic nitrogens is 3. The van der Waals surface area contributed by atoms with Gasteiger partial charge in [-0.2, -0.15) is 4.98 Å². The van der Waals surface area contributed by atoms with Gasteiger partial charge in [-0.15, -0.1) is 0 Å². The van der Waals surface area contributed by atoms with Gasteiger partial charge >= 0.3 is 5.69 Å². The van der Waals surface area contributed by atoms with E-state index in [4.69, 9.17) is 4.74 Å². The molecule has 5 nitrogen and oxygen atoms in total. The Morgan fingerprint density at radius 1 is 1.73 bits per heavy atom. The maximum atomic E-state index is 10.9. The van der Waals surface area contributed by atoms with Crippen LogP contribution in [-0.4, -0.2) is 21.0 Å². The minimum Gasteiger partial charge on any atom is -0.359 e.